The molecule has 1 fully saturated rings. The van der Waals surface area contributed by atoms with Crippen LogP contribution in [0.1, 0.15) is 58.4 Å². The standard InChI is InChI=1S/C26H32N2O4/c1-5-32-19-9-11-28(23(14-19)20-7-6-18(26(29)30)12-16(20)2)15-22-21-8-10-27-25(21)17(3)13-24(22)31-4/h6-8,10,12-13,19,23,27H,5,9,11,14-15H2,1-4H3,(H,29,30)/t19-,23-/m1/s1. The topological polar surface area (TPSA) is 74.8 Å². The van der Waals surface area contributed by atoms with Gasteiger partial charge in [-0.1, -0.05) is 6.07 Å². The van der Waals surface area contributed by atoms with E-state index in [0.717, 1.165) is 53.9 Å². The maximum atomic E-state index is 11.4. The number of piperidine rings is 1. The zero-order chi connectivity index (χ0) is 22.8. The van der Waals surface area contributed by atoms with Crippen molar-refractivity contribution in [3.63, 3.8) is 0 Å². The molecule has 0 radical (unpaired) electrons. The summed E-state index contributed by atoms with van der Waals surface area (Å²) >= 11 is 0. The van der Waals surface area contributed by atoms with Gasteiger partial charge in [0.2, 0.25) is 0 Å². The Kier molecular flexibility index (Phi) is 6.53. The minimum Gasteiger partial charge on any atom is -0.496 e. The zero-order valence-corrected chi connectivity index (χ0v) is 19.3. The zero-order valence-electron chi connectivity index (χ0n) is 19.3. The normalized spacial score (nSPS) is 19.4. The van der Waals surface area contributed by atoms with E-state index in [2.05, 4.69) is 28.9 Å². The second-order valence-corrected chi connectivity index (χ2v) is 8.61. The van der Waals surface area contributed by atoms with Crippen molar-refractivity contribution in [1.82, 2.24) is 9.88 Å². The van der Waals surface area contributed by atoms with Crippen LogP contribution >= 0.6 is 0 Å². The third kappa shape index (κ3) is 4.25. The van der Waals surface area contributed by atoms with Crippen LogP contribution in [0.15, 0.2) is 36.5 Å². The molecule has 6 nitrogen and oxygen atoms in total. The van der Waals surface area contributed by atoms with Gasteiger partial charge in [0.15, 0.2) is 0 Å². The van der Waals surface area contributed by atoms with Gasteiger partial charge in [-0.25, -0.2) is 4.79 Å². The summed E-state index contributed by atoms with van der Waals surface area (Å²) in [5.74, 6) is 0.00446. The van der Waals surface area contributed by atoms with Crippen LogP contribution in [0.2, 0.25) is 0 Å². The molecule has 4 rings (SSSR count). The van der Waals surface area contributed by atoms with Crippen LogP contribution in [-0.2, 0) is 11.3 Å². The molecule has 0 unspecified atom stereocenters. The van der Waals surface area contributed by atoms with E-state index in [1.807, 2.05) is 26.1 Å². The molecule has 170 valence electrons. The first-order valence-corrected chi connectivity index (χ1v) is 11.3. The minimum absolute atomic E-state index is 0.142. The van der Waals surface area contributed by atoms with Gasteiger partial charge in [0.05, 0.1) is 18.8 Å². The lowest BCUT2D eigenvalue weighted by Crippen LogP contribution is -2.39. The number of aromatic amines is 1. The highest BCUT2D eigenvalue weighted by molar-refractivity contribution is 5.88. The number of aryl methyl sites for hydroxylation is 2. The van der Waals surface area contributed by atoms with Crippen molar-refractivity contribution in [2.24, 2.45) is 0 Å². The highest BCUT2D eigenvalue weighted by Crippen LogP contribution is 2.38. The van der Waals surface area contributed by atoms with Crippen LogP contribution in [0.4, 0.5) is 0 Å². The van der Waals surface area contributed by atoms with E-state index in [1.165, 1.54) is 10.9 Å². The lowest BCUT2D eigenvalue weighted by Gasteiger charge is -2.40. The number of aromatic nitrogens is 1. The van der Waals surface area contributed by atoms with Crippen LogP contribution in [0.3, 0.4) is 0 Å². The van der Waals surface area contributed by atoms with Crippen molar-refractivity contribution >= 4 is 16.9 Å². The molecule has 2 atom stereocenters. The fourth-order valence-electron chi connectivity index (χ4n) is 5.05. The van der Waals surface area contributed by atoms with E-state index in [4.69, 9.17) is 9.47 Å². The van der Waals surface area contributed by atoms with E-state index in [9.17, 15) is 9.90 Å². The van der Waals surface area contributed by atoms with E-state index < -0.39 is 5.97 Å². The van der Waals surface area contributed by atoms with Crippen LogP contribution in [0.25, 0.3) is 10.9 Å². The third-order valence-corrected chi connectivity index (χ3v) is 6.64. The van der Waals surface area contributed by atoms with E-state index >= 15 is 0 Å². The molecule has 1 aliphatic heterocycles. The summed E-state index contributed by atoms with van der Waals surface area (Å²) in [6.07, 6.45) is 4.04. The molecule has 0 bridgehead atoms. The Morgan fingerprint density at radius 3 is 2.72 bits per heavy atom. The number of methoxy groups -OCH3 is 1. The predicted octanol–water partition coefficient (Wildman–Crippen LogP) is 5.23. The summed E-state index contributed by atoms with van der Waals surface area (Å²) in [4.78, 5) is 17.3. The Morgan fingerprint density at radius 1 is 1.22 bits per heavy atom. The Balaban J connectivity index is 1.73. The number of fused-ring (bicyclic) bond motifs is 1. The molecule has 1 aliphatic rings. The smallest absolute Gasteiger partial charge is 0.335 e. The van der Waals surface area contributed by atoms with Crippen molar-refractivity contribution in [2.75, 3.05) is 20.3 Å². The number of carboxylic acid groups (broad SMARTS) is 1. The first-order valence-electron chi connectivity index (χ1n) is 11.3. The van der Waals surface area contributed by atoms with Crippen molar-refractivity contribution in [1.29, 1.82) is 0 Å². The molecule has 0 saturated carbocycles. The number of H-pyrrole nitrogens is 1. The van der Waals surface area contributed by atoms with Crippen LogP contribution in [0.5, 0.6) is 5.75 Å². The fraction of sp³-hybridized carbons (Fsp3) is 0.423. The second kappa shape index (κ2) is 9.35. The number of aromatic carboxylic acids is 1. The summed E-state index contributed by atoms with van der Waals surface area (Å²) in [5.41, 5.74) is 5.97. The average molecular weight is 437 g/mol. The van der Waals surface area contributed by atoms with Gasteiger partial charge in [-0.3, -0.25) is 4.90 Å². The van der Waals surface area contributed by atoms with E-state index in [0.29, 0.717) is 12.2 Å². The summed E-state index contributed by atoms with van der Waals surface area (Å²) in [7, 11) is 1.73. The van der Waals surface area contributed by atoms with Crippen molar-refractivity contribution in [3.8, 4) is 5.75 Å². The molecule has 1 saturated heterocycles. The van der Waals surface area contributed by atoms with Gasteiger partial charge in [0.25, 0.3) is 0 Å². The Hall–Kier alpha value is -2.83. The molecule has 2 aromatic carbocycles. The lowest BCUT2D eigenvalue weighted by molar-refractivity contribution is -0.0139. The van der Waals surface area contributed by atoms with Gasteiger partial charge in [-0.05, 0) is 74.6 Å². The van der Waals surface area contributed by atoms with E-state index in [1.54, 1.807) is 19.2 Å². The molecular weight excluding hydrogens is 404 g/mol. The van der Waals surface area contributed by atoms with Gasteiger partial charge >= 0.3 is 5.97 Å². The number of benzene rings is 2. The maximum Gasteiger partial charge on any atom is 0.335 e. The van der Waals surface area contributed by atoms with Crippen LogP contribution in [0, 0.1) is 13.8 Å². The highest BCUT2D eigenvalue weighted by Gasteiger charge is 2.32. The quantitative estimate of drug-likeness (QED) is 0.530. The molecule has 32 heavy (non-hydrogen) atoms. The SMILES string of the molecule is CCO[C@@H]1CCN(Cc2c(OC)cc(C)c3[nH]ccc23)[C@@H](c2ccc(C(=O)O)cc2C)C1. The molecule has 6 heteroatoms. The first-order chi connectivity index (χ1) is 15.4. The van der Waals surface area contributed by atoms with Crippen molar-refractivity contribution < 1.29 is 19.4 Å². The van der Waals surface area contributed by atoms with Gasteiger partial charge in [0, 0.05) is 48.4 Å². The summed E-state index contributed by atoms with van der Waals surface area (Å²) in [5, 5.41) is 10.6. The molecule has 2 N–H and O–H groups in total. The molecule has 3 aromatic rings. The second-order valence-electron chi connectivity index (χ2n) is 8.61. The highest BCUT2D eigenvalue weighted by atomic mass is 16.5. The third-order valence-electron chi connectivity index (χ3n) is 6.64. The molecule has 1 aromatic heterocycles. The Bertz CT molecular complexity index is 1120. The number of likely N-dealkylation sites (tertiary alicyclic amines) is 1. The van der Waals surface area contributed by atoms with Gasteiger partial charge in [0.1, 0.15) is 5.75 Å². The number of rotatable bonds is 7. The Labute approximate surface area is 189 Å². The largest absolute Gasteiger partial charge is 0.496 e. The average Bonchev–Trinajstić information content (AvgIpc) is 3.27. The number of carbonyl (C=O) groups is 1. The first kappa shape index (κ1) is 22.4. The predicted molar refractivity (Wildman–Crippen MR) is 126 cm³/mol. The number of hydrogen-bond acceptors (Lipinski definition) is 4. The van der Waals surface area contributed by atoms with Gasteiger partial charge in [-0.15, -0.1) is 0 Å². The van der Waals surface area contributed by atoms with Crippen molar-refractivity contribution in [2.45, 2.75) is 52.3 Å². The van der Waals surface area contributed by atoms with Gasteiger partial charge < -0.3 is 19.6 Å². The molecule has 2 heterocycles. The summed E-state index contributed by atoms with van der Waals surface area (Å²) < 4.78 is 11.8. The van der Waals surface area contributed by atoms with E-state index in [-0.39, 0.29) is 12.1 Å². The van der Waals surface area contributed by atoms with Crippen molar-refractivity contribution in [3.05, 3.63) is 64.3 Å². The molecule has 0 amide bonds. The number of hydrogen-bond donors (Lipinski definition) is 2. The summed E-state index contributed by atoms with van der Waals surface area (Å²) in [6, 6.07) is 9.82. The minimum atomic E-state index is -0.897. The number of ether oxygens (including phenoxy) is 2. The number of nitrogens with one attached hydrogen (secondary N) is 1. The van der Waals surface area contributed by atoms with Crippen LogP contribution in [-0.4, -0.2) is 47.3 Å². The number of carboxylic acids is 1. The lowest BCUT2D eigenvalue weighted by atomic mass is 9.89. The number of nitrogens with zero attached hydrogens (tertiary/aromatic N) is 1. The molecule has 0 aliphatic carbocycles. The Morgan fingerprint density at radius 2 is 2.03 bits per heavy atom. The monoisotopic (exact) mass is 436 g/mol. The van der Waals surface area contributed by atoms with Crippen LogP contribution < -0.4 is 4.74 Å². The maximum absolute atomic E-state index is 11.4. The molecule has 0 spiro atoms. The molecular formula is C26H32N2O4. The van der Waals surface area contributed by atoms with Gasteiger partial charge in [-0.2, -0.15) is 0 Å². The fourth-order valence-corrected chi connectivity index (χ4v) is 5.05. The summed E-state index contributed by atoms with van der Waals surface area (Å²) in [6.45, 7) is 8.48.